The topological polar surface area (TPSA) is 69.1 Å². The van der Waals surface area contributed by atoms with Gasteiger partial charge in [-0.3, -0.25) is 9.89 Å². The van der Waals surface area contributed by atoms with E-state index in [0.717, 1.165) is 32.7 Å². The van der Waals surface area contributed by atoms with Crippen LogP contribution in [-0.2, 0) is 0 Å². The molecule has 0 radical (unpaired) electrons. The molecule has 0 aliphatic heterocycles. The van der Waals surface area contributed by atoms with Crippen molar-refractivity contribution >= 4 is 21.6 Å². The Labute approximate surface area is 172 Å². The van der Waals surface area contributed by atoms with Gasteiger partial charge in [-0.05, 0) is 36.1 Å². The predicted molar refractivity (Wildman–Crippen MR) is 116 cm³/mol. The highest BCUT2D eigenvalue weighted by atomic mass is 32.1. The van der Waals surface area contributed by atoms with Crippen LogP contribution in [0.15, 0.2) is 53.3 Å². The van der Waals surface area contributed by atoms with Crippen LogP contribution in [0.2, 0.25) is 0 Å². The number of rotatable bonds is 6. The molecule has 29 heavy (non-hydrogen) atoms. The van der Waals surface area contributed by atoms with Crippen molar-refractivity contribution in [3.05, 3.63) is 64.4 Å². The second-order valence-corrected chi connectivity index (χ2v) is 8.19. The third kappa shape index (κ3) is 3.65. The standard InChI is InChI=1S/C22H23N3O3S/c1-13(2)17-10-16(27-4)11-19-21(17)22(26)25(29-19)14(3)28-20-12-18(23-24-20)15-8-6-5-7-9-15/h5-14H,1-4H3,(H,23,24). The average molecular weight is 410 g/mol. The maximum Gasteiger partial charge on any atom is 0.271 e. The van der Waals surface area contributed by atoms with Crippen molar-refractivity contribution in [2.24, 2.45) is 0 Å². The minimum absolute atomic E-state index is 0.0531. The van der Waals surface area contributed by atoms with Crippen molar-refractivity contribution in [1.29, 1.82) is 0 Å². The van der Waals surface area contributed by atoms with E-state index in [9.17, 15) is 4.79 Å². The van der Waals surface area contributed by atoms with Gasteiger partial charge in [-0.25, -0.2) is 3.96 Å². The Hall–Kier alpha value is -3.06. The molecular weight excluding hydrogens is 386 g/mol. The van der Waals surface area contributed by atoms with Crippen LogP contribution in [0.5, 0.6) is 11.6 Å². The van der Waals surface area contributed by atoms with E-state index >= 15 is 0 Å². The van der Waals surface area contributed by atoms with Crippen molar-refractivity contribution in [3.8, 4) is 22.9 Å². The first-order chi connectivity index (χ1) is 14.0. The highest BCUT2D eigenvalue weighted by molar-refractivity contribution is 7.14. The first-order valence-corrected chi connectivity index (χ1v) is 10.3. The minimum Gasteiger partial charge on any atom is -0.497 e. The molecule has 2 aromatic carbocycles. The van der Waals surface area contributed by atoms with Crippen molar-refractivity contribution in [2.45, 2.75) is 32.9 Å². The Bertz CT molecular complexity index is 1190. The average Bonchev–Trinajstić information content (AvgIpc) is 3.32. The van der Waals surface area contributed by atoms with E-state index in [-0.39, 0.29) is 11.5 Å². The lowest BCUT2D eigenvalue weighted by molar-refractivity contribution is 0.154. The number of hydrogen-bond acceptors (Lipinski definition) is 5. The van der Waals surface area contributed by atoms with Crippen LogP contribution < -0.4 is 15.0 Å². The fourth-order valence-corrected chi connectivity index (χ4v) is 4.38. The second kappa shape index (κ2) is 7.75. The lowest BCUT2D eigenvalue weighted by atomic mass is 9.99. The molecule has 0 saturated heterocycles. The number of aromatic amines is 1. The molecule has 0 amide bonds. The van der Waals surface area contributed by atoms with Crippen molar-refractivity contribution in [3.63, 3.8) is 0 Å². The van der Waals surface area contributed by atoms with Crippen LogP contribution in [0.25, 0.3) is 21.3 Å². The van der Waals surface area contributed by atoms with Gasteiger partial charge in [0.1, 0.15) is 5.75 Å². The number of hydrogen-bond donors (Lipinski definition) is 1. The van der Waals surface area contributed by atoms with E-state index in [1.165, 1.54) is 11.5 Å². The van der Waals surface area contributed by atoms with Gasteiger partial charge in [0, 0.05) is 6.07 Å². The number of methoxy groups -OCH3 is 1. The monoisotopic (exact) mass is 409 g/mol. The Balaban J connectivity index is 1.66. The summed E-state index contributed by atoms with van der Waals surface area (Å²) in [6.45, 7) is 5.99. The smallest absolute Gasteiger partial charge is 0.271 e. The Kier molecular flexibility index (Phi) is 5.15. The zero-order valence-corrected chi connectivity index (χ0v) is 17.6. The summed E-state index contributed by atoms with van der Waals surface area (Å²) in [6, 6.07) is 15.6. The molecule has 2 heterocycles. The molecular formula is C22H23N3O3S. The molecule has 1 N–H and O–H groups in total. The van der Waals surface area contributed by atoms with Crippen LogP contribution in [0.1, 0.15) is 38.5 Å². The Morgan fingerprint density at radius 1 is 1.10 bits per heavy atom. The first-order valence-electron chi connectivity index (χ1n) is 9.49. The molecule has 6 nitrogen and oxygen atoms in total. The fraction of sp³-hybridized carbons (Fsp3) is 0.273. The summed E-state index contributed by atoms with van der Waals surface area (Å²) in [4.78, 5) is 13.1. The van der Waals surface area contributed by atoms with Gasteiger partial charge in [0.05, 0.1) is 22.9 Å². The maximum absolute atomic E-state index is 13.1. The van der Waals surface area contributed by atoms with Crippen molar-refractivity contribution in [2.75, 3.05) is 7.11 Å². The molecule has 0 bridgehead atoms. The van der Waals surface area contributed by atoms with Crippen molar-refractivity contribution < 1.29 is 9.47 Å². The van der Waals surface area contributed by atoms with Crippen LogP contribution in [0.3, 0.4) is 0 Å². The normalized spacial score (nSPS) is 12.4. The fourth-order valence-electron chi connectivity index (χ4n) is 3.33. The van der Waals surface area contributed by atoms with E-state index in [1.54, 1.807) is 11.1 Å². The van der Waals surface area contributed by atoms with E-state index in [0.29, 0.717) is 5.88 Å². The summed E-state index contributed by atoms with van der Waals surface area (Å²) in [6.07, 6.45) is -0.488. The van der Waals surface area contributed by atoms with E-state index in [4.69, 9.17) is 9.47 Å². The first kappa shape index (κ1) is 19.3. The molecule has 0 saturated carbocycles. The lowest BCUT2D eigenvalue weighted by Crippen LogP contribution is -2.21. The number of nitrogens with one attached hydrogen (secondary N) is 1. The highest BCUT2D eigenvalue weighted by Gasteiger charge is 2.20. The molecule has 7 heteroatoms. The third-order valence-corrected chi connectivity index (χ3v) is 6.01. The van der Waals surface area contributed by atoms with Crippen LogP contribution >= 0.6 is 11.5 Å². The zero-order chi connectivity index (χ0) is 20.5. The molecule has 1 atom stereocenters. The van der Waals surface area contributed by atoms with Crippen molar-refractivity contribution in [1.82, 2.24) is 14.2 Å². The molecule has 1 unspecified atom stereocenters. The number of nitrogens with zero attached hydrogens (tertiary/aromatic N) is 2. The van der Waals surface area contributed by atoms with Gasteiger partial charge < -0.3 is 9.47 Å². The van der Waals surface area contributed by atoms with Gasteiger partial charge in [0.25, 0.3) is 5.56 Å². The predicted octanol–water partition coefficient (Wildman–Crippen LogP) is 5.18. The SMILES string of the molecule is COc1cc(C(C)C)c2c(=O)n(C(C)Oc3cc(-c4ccccc4)[nH]n3)sc2c1. The molecule has 0 spiro atoms. The molecule has 150 valence electrons. The van der Waals surface area contributed by atoms with Gasteiger partial charge in [-0.2, -0.15) is 0 Å². The van der Waals surface area contributed by atoms with Crippen LogP contribution in [0, 0.1) is 0 Å². The summed E-state index contributed by atoms with van der Waals surface area (Å²) in [5.41, 5.74) is 2.82. The molecule has 0 aliphatic rings. The van der Waals surface area contributed by atoms with Gasteiger partial charge in [0.2, 0.25) is 5.88 Å². The number of H-pyrrole nitrogens is 1. The molecule has 0 aliphatic carbocycles. The number of fused-ring (bicyclic) bond motifs is 1. The summed E-state index contributed by atoms with van der Waals surface area (Å²) < 4.78 is 13.9. The second-order valence-electron chi connectivity index (χ2n) is 7.17. The number of aromatic nitrogens is 3. The molecule has 4 aromatic rings. The summed E-state index contributed by atoms with van der Waals surface area (Å²) in [7, 11) is 1.64. The summed E-state index contributed by atoms with van der Waals surface area (Å²) in [5, 5.41) is 7.95. The van der Waals surface area contributed by atoms with E-state index in [1.807, 2.05) is 55.5 Å². The minimum atomic E-state index is -0.488. The lowest BCUT2D eigenvalue weighted by Gasteiger charge is -2.12. The van der Waals surface area contributed by atoms with Gasteiger partial charge in [-0.1, -0.05) is 55.7 Å². The summed E-state index contributed by atoms with van der Waals surface area (Å²) >= 11 is 1.38. The molecule has 2 aromatic heterocycles. The zero-order valence-electron chi connectivity index (χ0n) is 16.8. The van der Waals surface area contributed by atoms with E-state index in [2.05, 4.69) is 24.0 Å². The highest BCUT2D eigenvalue weighted by Crippen LogP contribution is 2.32. The van der Waals surface area contributed by atoms with E-state index < -0.39 is 6.23 Å². The number of benzene rings is 2. The molecule has 0 fully saturated rings. The Morgan fingerprint density at radius 2 is 1.86 bits per heavy atom. The van der Waals surface area contributed by atoms with Gasteiger partial charge in [0.15, 0.2) is 6.23 Å². The molecule has 4 rings (SSSR count). The largest absolute Gasteiger partial charge is 0.497 e. The van der Waals surface area contributed by atoms with Gasteiger partial charge in [-0.15, -0.1) is 5.10 Å². The summed E-state index contributed by atoms with van der Waals surface area (Å²) in [5.74, 6) is 1.41. The maximum atomic E-state index is 13.1. The quantitative estimate of drug-likeness (QED) is 0.476. The van der Waals surface area contributed by atoms with Gasteiger partial charge >= 0.3 is 0 Å². The van der Waals surface area contributed by atoms with Crippen LogP contribution in [-0.4, -0.2) is 21.3 Å². The third-order valence-electron chi connectivity index (χ3n) is 4.84. The van der Waals surface area contributed by atoms with Crippen LogP contribution in [0.4, 0.5) is 0 Å². The number of ether oxygens (including phenoxy) is 2. The Morgan fingerprint density at radius 3 is 2.55 bits per heavy atom.